The molecule has 0 spiro atoms. The van der Waals surface area contributed by atoms with Crippen molar-refractivity contribution >= 4 is 17.7 Å². The number of para-hydroxylation sites is 1. The van der Waals surface area contributed by atoms with Crippen LogP contribution in [0.25, 0.3) is 0 Å². The van der Waals surface area contributed by atoms with E-state index >= 15 is 0 Å². The smallest absolute Gasteiger partial charge is 0.331 e. The lowest BCUT2D eigenvalue weighted by Crippen LogP contribution is -2.50. The highest BCUT2D eigenvalue weighted by Crippen LogP contribution is 2.28. The maximum absolute atomic E-state index is 13.0. The van der Waals surface area contributed by atoms with Gasteiger partial charge in [0, 0.05) is 13.1 Å². The molecule has 1 aromatic rings. The number of nitrogens with zero attached hydrogens (tertiary/aromatic N) is 2. The third-order valence-corrected chi connectivity index (χ3v) is 3.85. The second kappa shape index (κ2) is 8.56. The van der Waals surface area contributed by atoms with E-state index in [1.54, 1.807) is 4.90 Å². The van der Waals surface area contributed by atoms with Crippen molar-refractivity contribution < 1.29 is 4.79 Å². The predicted molar refractivity (Wildman–Crippen MR) is 97.1 cm³/mol. The van der Waals surface area contributed by atoms with Gasteiger partial charge in [-0.2, -0.15) is 0 Å². The Morgan fingerprint density at radius 2 is 1.70 bits per heavy atom. The lowest BCUT2D eigenvalue weighted by atomic mass is 10.0. The summed E-state index contributed by atoms with van der Waals surface area (Å²) in [7, 11) is 0. The number of benzene rings is 1. The molecule has 0 atom stereocenters. The van der Waals surface area contributed by atoms with Gasteiger partial charge in [-0.15, -0.1) is 0 Å². The van der Waals surface area contributed by atoms with Crippen LogP contribution >= 0.6 is 0 Å². The van der Waals surface area contributed by atoms with Crippen molar-refractivity contribution in [3.8, 4) is 0 Å². The van der Waals surface area contributed by atoms with Gasteiger partial charge in [0.25, 0.3) is 0 Å². The molecule has 0 aliphatic carbocycles. The number of carbonyl (C=O) groups excluding carboxylic acids is 1. The maximum atomic E-state index is 13.0. The average Bonchev–Trinajstić information content (AvgIpc) is 2.52. The van der Waals surface area contributed by atoms with Gasteiger partial charge in [0.2, 0.25) is 0 Å². The molecule has 5 heteroatoms. The van der Waals surface area contributed by atoms with E-state index in [0.29, 0.717) is 13.1 Å². The van der Waals surface area contributed by atoms with Gasteiger partial charge in [-0.25, -0.2) is 4.79 Å². The quantitative estimate of drug-likeness (QED) is 0.621. The Morgan fingerprint density at radius 1 is 1.17 bits per heavy atom. The second-order valence-corrected chi connectivity index (χ2v) is 6.05. The molecule has 0 aliphatic heterocycles. The number of anilines is 1. The number of carbonyl (C=O) groups is 1. The fourth-order valence-electron chi connectivity index (χ4n) is 2.74. The summed E-state index contributed by atoms with van der Waals surface area (Å²) in [5.74, 6) is 0.0443. The molecule has 0 radical (unpaired) electrons. The van der Waals surface area contributed by atoms with Crippen LogP contribution in [-0.2, 0) is 12.8 Å². The summed E-state index contributed by atoms with van der Waals surface area (Å²) in [4.78, 5) is 16.1. The number of guanidine groups is 1. The van der Waals surface area contributed by atoms with Crippen molar-refractivity contribution in [2.45, 2.75) is 47.5 Å². The molecule has 128 valence electrons. The minimum atomic E-state index is -0.218. The molecular weight excluding hydrogens is 288 g/mol. The highest BCUT2D eigenvalue weighted by molar-refractivity contribution is 6.03. The summed E-state index contributed by atoms with van der Waals surface area (Å²) in [5, 5.41) is 7.76. The molecule has 0 saturated heterocycles. The lowest BCUT2D eigenvalue weighted by molar-refractivity contribution is 0.222. The molecule has 3 N–H and O–H groups in total. The molecule has 0 bridgehead atoms. The van der Waals surface area contributed by atoms with Crippen LogP contribution in [0.4, 0.5) is 10.5 Å². The molecule has 0 heterocycles. The molecule has 2 amide bonds. The van der Waals surface area contributed by atoms with Crippen molar-refractivity contribution in [1.29, 1.82) is 5.41 Å². The highest BCUT2D eigenvalue weighted by Gasteiger charge is 2.26. The molecule has 1 rings (SSSR count). The van der Waals surface area contributed by atoms with Gasteiger partial charge in [-0.3, -0.25) is 15.2 Å². The van der Waals surface area contributed by atoms with Gasteiger partial charge in [0.1, 0.15) is 0 Å². The van der Waals surface area contributed by atoms with E-state index in [-0.39, 0.29) is 17.9 Å². The molecule has 0 saturated carbocycles. The van der Waals surface area contributed by atoms with Crippen LogP contribution in [0.2, 0.25) is 0 Å². The molecule has 0 unspecified atom stereocenters. The van der Waals surface area contributed by atoms with E-state index in [0.717, 1.165) is 29.7 Å². The minimum absolute atomic E-state index is 0.200. The topological polar surface area (TPSA) is 73.4 Å². The number of hydrogen-bond acceptors (Lipinski definition) is 2. The number of urea groups is 1. The van der Waals surface area contributed by atoms with Crippen LogP contribution in [-0.4, -0.2) is 30.0 Å². The second-order valence-electron chi connectivity index (χ2n) is 6.05. The fraction of sp³-hybridized carbons (Fsp3) is 0.556. The van der Waals surface area contributed by atoms with Crippen LogP contribution in [0, 0.1) is 11.3 Å². The largest absolute Gasteiger partial charge is 0.370 e. The minimum Gasteiger partial charge on any atom is -0.370 e. The Balaban J connectivity index is 3.31. The molecule has 5 nitrogen and oxygen atoms in total. The van der Waals surface area contributed by atoms with Gasteiger partial charge in [0.05, 0.1) is 5.69 Å². The summed E-state index contributed by atoms with van der Waals surface area (Å²) >= 11 is 0. The number of amides is 2. The first-order chi connectivity index (χ1) is 10.9. The Morgan fingerprint density at radius 3 is 2.04 bits per heavy atom. The Bertz CT molecular complexity index is 532. The first-order valence-electron chi connectivity index (χ1n) is 8.41. The van der Waals surface area contributed by atoms with Crippen molar-refractivity contribution in [3.63, 3.8) is 0 Å². The van der Waals surface area contributed by atoms with Crippen LogP contribution in [0.5, 0.6) is 0 Å². The monoisotopic (exact) mass is 318 g/mol. The van der Waals surface area contributed by atoms with E-state index in [2.05, 4.69) is 26.0 Å². The molecule has 0 aliphatic rings. The SMILES string of the molecule is CCc1cccc(CC)c1N(CC)C(=O)N(CC(C)C)C(=N)N. The Labute approximate surface area is 140 Å². The highest BCUT2D eigenvalue weighted by atomic mass is 16.2. The van der Waals surface area contributed by atoms with Crippen molar-refractivity contribution in [2.24, 2.45) is 11.7 Å². The van der Waals surface area contributed by atoms with E-state index in [1.165, 1.54) is 4.90 Å². The Kier molecular flexibility index (Phi) is 7.07. The zero-order valence-electron chi connectivity index (χ0n) is 15.0. The standard InChI is InChI=1S/C18H30N4O/c1-6-14-10-9-11-15(7-2)16(14)21(8-3)18(23)22(17(19)20)12-13(4)5/h9-11,13H,6-8,12H2,1-5H3,(H3,19,20). The van der Waals surface area contributed by atoms with Gasteiger partial charge < -0.3 is 5.73 Å². The summed E-state index contributed by atoms with van der Waals surface area (Å²) in [6.45, 7) is 11.2. The molecule has 1 aromatic carbocycles. The average molecular weight is 318 g/mol. The maximum Gasteiger partial charge on any atom is 0.331 e. The summed E-state index contributed by atoms with van der Waals surface area (Å²) < 4.78 is 0. The number of nitrogens with two attached hydrogens (primary N) is 1. The number of hydrogen-bond donors (Lipinski definition) is 2. The molecule has 0 aromatic heterocycles. The van der Waals surface area contributed by atoms with E-state index in [4.69, 9.17) is 11.1 Å². The van der Waals surface area contributed by atoms with Gasteiger partial charge in [-0.1, -0.05) is 45.9 Å². The number of aryl methyl sites for hydroxylation is 2. The van der Waals surface area contributed by atoms with E-state index in [9.17, 15) is 4.79 Å². The predicted octanol–water partition coefficient (Wildman–Crippen LogP) is 3.61. The fourth-order valence-corrected chi connectivity index (χ4v) is 2.74. The lowest BCUT2D eigenvalue weighted by Gasteiger charge is -2.32. The van der Waals surface area contributed by atoms with E-state index in [1.807, 2.05) is 26.8 Å². The van der Waals surface area contributed by atoms with Crippen LogP contribution in [0.3, 0.4) is 0 Å². The van der Waals surface area contributed by atoms with Crippen LogP contribution in [0.15, 0.2) is 18.2 Å². The van der Waals surface area contributed by atoms with Gasteiger partial charge >= 0.3 is 6.03 Å². The zero-order valence-corrected chi connectivity index (χ0v) is 15.0. The number of rotatable bonds is 6. The van der Waals surface area contributed by atoms with Crippen molar-refractivity contribution in [3.05, 3.63) is 29.3 Å². The molecular formula is C18H30N4O. The first-order valence-corrected chi connectivity index (χ1v) is 8.41. The van der Waals surface area contributed by atoms with Crippen molar-refractivity contribution in [1.82, 2.24) is 4.90 Å². The third kappa shape index (κ3) is 4.47. The summed E-state index contributed by atoms with van der Waals surface area (Å²) in [5.41, 5.74) is 8.92. The first kappa shape index (κ1) is 19.0. The van der Waals surface area contributed by atoms with Crippen molar-refractivity contribution in [2.75, 3.05) is 18.0 Å². The number of nitrogens with one attached hydrogen (secondary N) is 1. The van der Waals surface area contributed by atoms with Crippen LogP contribution in [0.1, 0.15) is 45.7 Å². The summed E-state index contributed by atoms with van der Waals surface area (Å²) in [6.07, 6.45) is 1.72. The molecule has 0 fully saturated rings. The van der Waals surface area contributed by atoms with Gasteiger partial charge in [0.15, 0.2) is 5.96 Å². The normalized spacial score (nSPS) is 10.7. The molecule has 23 heavy (non-hydrogen) atoms. The summed E-state index contributed by atoms with van der Waals surface area (Å²) in [6, 6.07) is 5.94. The zero-order chi connectivity index (χ0) is 17.6. The Hall–Kier alpha value is -2.04. The van der Waals surface area contributed by atoms with E-state index < -0.39 is 0 Å². The van der Waals surface area contributed by atoms with Crippen LogP contribution < -0.4 is 10.6 Å². The van der Waals surface area contributed by atoms with Gasteiger partial charge in [-0.05, 0) is 36.8 Å². The third-order valence-electron chi connectivity index (χ3n) is 3.85.